The number of halogens is 1. The summed E-state index contributed by atoms with van der Waals surface area (Å²) in [7, 11) is 1.99. The Morgan fingerprint density at radius 3 is 3.15 bits per heavy atom. The van der Waals surface area contributed by atoms with E-state index in [1.165, 1.54) is 11.1 Å². The molecular formula is C15H21BrN2O2. The van der Waals surface area contributed by atoms with Crippen molar-refractivity contribution in [1.29, 1.82) is 0 Å². The van der Waals surface area contributed by atoms with Crippen LogP contribution in [0.25, 0.3) is 0 Å². The minimum absolute atomic E-state index is 0.435. The zero-order chi connectivity index (χ0) is 13.9. The predicted octanol–water partition coefficient (Wildman–Crippen LogP) is 1.80. The average molecular weight is 341 g/mol. The summed E-state index contributed by atoms with van der Waals surface area (Å²) in [6.45, 7) is 5.29. The Hall–Kier alpha value is -0.620. The lowest BCUT2D eigenvalue weighted by Crippen LogP contribution is -2.49. The number of fused-ring (bicyclic) bond motifs is 1. The smallest absolute Gasteiger partial charge is 0.127 e. The highest BCUT2D eigenvalue weighted by molar-refractivity contribution is 9.10. The molecule has 1 fully saturated rings. The van der Waals surface area contributed by atoms with E-state index in [4.69, 9.17) is 9.47 Å². The molecule has 1 unspecified atom stereocenters. The fourth-order valence-corrected chi connectivity index (χ4v) is 3.56. The summed E-state index contributed by atoms with van der Waals surface area (Å²) < 4.78 is 12.6. The van der Waals surface area contributed by atoms with Gasteiger partial charge in [-0.05, 0) is 24.7 Å². The standard InChI is InChI=1S/C15H21BrN2O2/c1-17-8-14-10-19-5-3-18(14)9-12-7-13(16)6-11-2-4-20-15(11)12/h6-7,14,17H,2-5,8-10H2,1H3. The molecule has 20 heavy (non-hydrogen) atoms. The van der Waals surface area contributed by atoms with Crippen molar-refractivity contribution in [2.45, 2.75) is 19.0 Å². The van der Waals surface area contributed by atoms with Gasteiger partial charge in [-0.15, -0.1) is 0 Å². The zero-order valence-electron chi connectivity index (χ0n) is 11.8. The molecule has 0 saturated carbocycles. The van der Waals surface area contributed by atoms with Gasteiger partial charge in [0.2, 0.25) is 0 Å². The topological polar surface area (TPSA) is 33.7 Å². The Balaban J connectivity index is 1.79. The van der Waals surface area contributed by atoms with E-state index in [0.29, 0.717) is 6.04 Å². The van der Waals surface area contributed by atoms with E-state index in [2.05, 4.69) is 38.3 Å². The number of nitrogens with one attached hydrogen (secondary N) is 1. The zero-order valence-corrected chi connectivity index (χ0v) is 13.4. The van der Waals surface area contributed by atoms with Crippen molar-refractivity contribution in [3.05, 3.63) is 27.7 Å². The van der Waals surface area contributed by atoms with Crippen LogP contribution in [0.1, 0.15) is 11.1 Å². The van der Waals surface area contributed by atoms with Gasteiger partial charge < -0.3 is 14.8 Å². The Bertz CT molecular complexity index is 479. The van der Waals surface area contributed by atoms with Gasteiger partial charge in [0.1, 0.15) is 5.75 Å². The number of rotatable bonds is 4. The van der Waals surface area contributed by atoms with Crippen molar-refractivity contribution in [2.75, 3.05) is 40.0 Å². The minimum Gasteiger partial charge on any atom is -0.493 e. The first-order chi connectivity index (χ1) is 9.78. The van der Waals surface area contributed by atoms with Crippen molar-refractivity contribution in [3.8, 4) is 5.75 Å². The summed E-state index contributed by atoms with van der Waals surface area (Å²) in [6, 6.07) is 4.80. The van der Waals surface area contributed by atoms with Crippen LogP contribution in [0.2, 0.25) is 0 Å². The normalized spacial score (nSPS) is 22.6. The Morgan fingerprint density at radius 1 is 1.40 bits per heavy atom. The van der Waals surface area contributed by atoms with Crippen LogP contribution in [0, 0.1) is 0 Å². The molecule has 3 rings (SSSR count). The second kappa shape index (κ2) is 6.43. The first-order valence-corrected chi connectivity index (χ1v) is 7.97. The van der Waals surface area contributed by atoms with Gasteiger partial charge in [0, 0.05) is 42.1 Å². The SMILES string of the molecule is CNCC1COCCN1Cc1cc(Br)cc2c1OCC2. The summed E-state index contributed by atoms with van der Waals surface area (Å²) >= 11 is 3.62. The minimum atomic E-state index is 0.435. The number of hydrogen-bond acceptors (Lipinski definition) is 4. The molecule has 5 heteroatoms. The third-order valence-corrected chi connectivity index (χ3v) is 4.45. The van der Waals surface area contributed by atoms with E-state index in [0.717, 1.165) is 56.1 Å². The van der Waals surface area contributed by atoms with Crippen molar-refractivity contribution in [3.63, 3.8) is 0 Å². The molecule has 0 spiro atoms. The molecule has 110 valence electrons. The fraction of sp³-hybridized carbons (Fsp3) is 0.600. The van der Waals surface area contributed by atoms with E-state index < -0.39 is 0 Å². The maximum absolute atomic E-state index is 5.83. The molecule has 1 atom stereocenters. The van der Waals surface area contributed by atoms with Crippen LogP contribution in [0.3, 0.4) is 0 Å². The highest BCUT2D eigenvalue weighted by Crippen LogP contribution is 2.34. The first kappa shape index (κ1) is 14.3. The van der Waals surface area contributed by atoms with Crippen LogP contribution in [0.15, 0.2) is 16.6 Å². The maximum Gasteiger partial charge on any atom is 0.127 e. The predicted molar refractivity (Wildman–Crippen MR) is 82.3 cm³/mol. The van der Waals surface area contributed by atoms with Crippen LogP contribution >= 0.6 is 15.9 Å². The maximum atomic E-state index is 5.83. The average Bonchev–Trinajstić information content (AvgIpc) is 2.89. The second-order valence-corrected chi connectivity index (χ2v) is 6.32. The van der Waals surface area contributed by atoms with Crippen molar-refractivity contribution < 1.29 is 9.47 Å². The molecule has 2 aliphatic rings. The molecule has 0 radical (unpaired) electrons. The number of nitrogens with zero attached hydrogens (tertiary/aromatic N) is 1. The fourth-order valence-electron chi connectivity index (χ4n) is 3.00. The third-order valence-electron chi connectivity index (χ3n) is 3.99. The van der Waals surface area contributed by atoms with Crippen LogP contribution in [0.4, 0.5) is 0 Å². The summed E-state index contributed by atoms with van der Waals surface area (Å²) in [5.41, 5.74) is 2.61. The highest BCUT2D eigenvalue weighted by Gasteiger charge is 2.25. The lowest BCUT2D eigenvalue weighted by Gasteiger charge is -2.35. The molecule has 0 amide bonds. The Kier molecular flexibility index (Phi) is 4.61. The van der Waals surface area contributed by atoms with E-state index in [1.54, 1.807) is 0 Å². The molecule has 1 aromatic carbocycles. The Labute approximate surface area is 128 Å². The summed E-state index contributed by atoms with van der Waals surface area (Å²) in [5, 5.41) is 3.25. The van der Waals surface area contributed by atoms with Gasteiger partial charge in [-0.3, -0.25) is 4.90 Å². The number of morpholine rings is 1. The number of likely N-dealkylation sites (N-methyl/N-ethyl adjacent to an activating group) is 1. The lowest BCUT2D eigenvalue weighted by molar-refractivity contribution is -0.0106. The van der Waals surface area contributed by atoms with Gasteiger partial charge in [-0.1, -0.05) is 15.9 Å². The van der Waals surface area contributed by atoms with E-state index in [-0.39, 0.29) is 0 Å². The van der Waals surface area contributed by atoms with Crippen molar-refractivity contribution in [1.82, 2.24) is 10.2 Å². The van der Waals surface area contributed by atoms with Crippen molar-refractivity contribution in [2.24, 2.45) is 0 Å². The molecule has 0 aromatic heterocycles. The van der Waals surface area contributed by atoms with Crippen LogP contribution in [-0.4, -0.2) is 50.9 Å². The molecule has 0 aliphatic carbocycles. The van der Waals surface area contributed by atoms with Gasteiger partial charge >= 0.3 is 0 Å². The quantitative estimate of drug-likeness (QED) is 0.906. The van der Waals surface area contributed by atoms with Crippen LogP contribution in [-0.2, 0) is 17.7 Å². The van der Waals surface area contributed by atoms with Gasteiger partial charge in [0.05, 0.1) is 19.8 Å². The molecule has 2 aliphatic heterocycles. The van der Waals surface area contributed by atoms with Crippen LogP contribution in [0.5, 0.6) is 5.75 Å². The van der Waals surface area contributed by atoms with Gasteiger partial charge in [-0.25, -0.2) is 0 Å². The molecule has 1 aromatic rings. The Morgan fingerprint density at radius 2 is 2.30 bits per heavy atom. The van der Waals surface area contributed by atoms with Gasteiger partial charge in [0.25, 0.3) is 0 Å². The molecule has 1 N–H and O–H groups in total. The third kappa shape index (κ3) is 3.01. The number of benzene rings is 1. The van der Waals surface area contributed by atoms with Crippen molar-refractivity contribution >= 4 is 15.9 Å². The summed E-state index contributed by atoms with van der Waals surface area (Å²) in [5.74, 6) is 1.10. The number of ether oxygens (including phenoxy) is 2. The second-order valence-electron chi connectivity index (χ2n) is 5.41. The van der Waals surface area contributed by atoms with Crippen LogP contribution < -0.4 is 10.1 Å². The monoisotopic (exact) mass is 340 g/mol. The lowest BCUT2D eigenvalue weighted by atomic mass is 10.1. The van der Waals surface area contributed by atoms with E-state index >= 15 is 0 Å². The summed E-state index contributed by atoms with van der Waals surface area (Å²) in [6.07, 6.45) is 1.02. The highest BCUT2D eigenvalue weighted by atomic mass is 79.9. The van der Waals surface area contributed by atoms with Gasteiger partial charge in [-0.2, -0.15) is 0 Å². The largest absolute Gasteiger partial charge is 0.493 e. The molecular weight excluding hydrogens is 320 g/mol. The number of hydrogen-bond donors (Lipinski definition) is 1. The molecule has 2 heterocycles. The van der Waals surface area contributed by atoms with Gasteiger partial charge in [0.15, 0.2) is 0 Å². The molecule has 0 bridgehead atoms. The summed E-state index contributed by atoms with van der Waals surface area (Å²) in [4.78, 5) is 2.49. The van der Waals surface area contributed by atoms with E-state index in [9.17, 15) is 0 Å². The molecule has 1 saturated heterocycles. The van der Waals surface area contributed by atoms with E-state index in [1.807, 2.05) is 7.05 Å². The first-order valence-electron chi connectivity index (χ1n) is 7.18. The molecule has 4 nitrogen and oxygen atoms in total.